The molecule has 1 aromatic heterocycles. The van der Waals surface area contributed by atoms with Crippen molar-refractivity contribution in [2.75, 3.05) is 29.4 Å². The number of anilines is 2. The molecule has 2 aromatic rings. The first-order valence-electron chi connectivity index (χ1n) is 7.19. The monoisotopic (exact) mass is 395 g/mol. The number of nitrogens with two attached hydrogens (primary N) is 1. The molecule has 0 radical (unpaired) electrons. The lowest BCUT2D eigenvalue weighted by Crippen LogP contribution is -2.51. The second-order valence-electron chi connectivity index (χ2n) is 5.49. The molecule has 0 spiro atoms. The summed E-state index contributed by atoms with van der Waals surface area (Å²) in [6.07, 6.45) is 3.36. The Bertz CT molecular complexity index is 822. The molecule has 0 saturated carbocycles. The quantitative estimate of drug-likeness (QED) is 0.847. The van der Waals surface area contributed by atoms with Crippen molar-refractivity contribution >= 4 is 39.1 Å². The molecule has 3 rings (SSSR count). The van der Waals surface area contributed by atoms with E-state index in [1.165, 1.54) is 6.07 Å². The second kappa shape index (κ2) is 6.23. The average Bonchev–Trinajstić information content (AvgIpc) is 2.92. The average molecular weight is 396 g/mol. The third-order valence-electron chi connectivity index (χ3n) is 3.84. The van der Waals surface area contributed by atoms with E-state index in [1.807, 2.05) is 0 Å². The summed E-state index contributed by atoms with van der Waals surface area (Å²) in [5.41, 5.74) is 6.11. The Kier molecular flexibility index (Phi) is 4.27. The van der Waals surface area contributed by atoms with E-state index in [2.05, 4.69) is 21.0 Å². The third-order valence-corrected chi connectivity index (χ3v) is 4.30. The number of benzene rings is 1. The largest absolute Gasteiger partial charge is 0.365 e. The van der Waals surface area contributed by atoms with Gasteiger partial charge in [-0.1, -0.05) is 15.9 Å². The summed E-state index contributed by atoms with van der Waals surface area (Å²) < 4.78 is 16.2. The minimum atomic E-state index is -0.864. The molecule has 0 unspecified atom stereocenters. The number of aryl methyl sites for hydroxylation is 1. The highest BCUT2D eigenvalue weighted by molar-refractivity contribution is 9.10. The number of halogens is 2. The highest BCUT2D eigenvalue weighted by atomic mass is 79.9. The van der Waals surface area contributed by atoms with Gasteiger partial charge in [-0.2, -0.15) is 5.10 Å². The van der Waals surface area contributed by atoms with Crippen molar-refractivity contribution in [3.8, 4) is 0 Å². The van der Waals surface area contributed by atoms with Gasteiger partial charge in [0.05, 0.1) is 29.7 Å². The van der Waals surface area contributed by atoms with E-state index >= 15 is 0 Å². The Morgan fingerprint density at radius 1 is 1.38 bits per heavy atom. The molecule has 2 heterocycles. The molecule has 1 aliphatic heterocycles. The van der Waals surface area contributed by atoms with Crippen LogP contribution in [0.25, 0.3) is 0 Å². The topological polar surface area (TPSA) is 84.5 Å². The van der Waals surface area contributed by atoms with Gasteiger partial charge in [0.2, 0.25) is 5.91 Å². The molecular formula is C15H15BrFN5O2. The van der Waals surface area contributed by atoms with Crippen LogP contribution in [0, 0.1) is 5.82 Å². The zero-order valence-electron chi connectivity index (χ0n) is 12.9. The van der Waals surface area contributed by atoms with Crippen molar-refractivity contribution in [3.63, 3.8) is 0 Å². The van der Waals surface area contributed by atoms with E-state index in [9.17, 15) is 14.0 Å². The zero-order valence-corrected chi connectivity index (χ0v) is 14.5. The predicted octanol–water partition coefficient (Wildman–Crippen LogP) is 1.27. The SMILES string of the molecule is Cn1cc(N2CCN(c3cc(Br)cc(F)c3C(N)=O)CC2=O)cn1. The first-order chi connectivity index (χ1) is 11.4. The fourth-order valence-corrected chi connectivity index (χ4v) is 3.17. The first-order valence-corrected chi connectivity index (χ1v) is 7.99. The molecule has 2 amide bonds. The van der Waals surface area contributed by atoms with Crippen LogP contribution in [0.5, 0.6) is 0 Å². The molecule has 9 heteroatoms. The van der Waals surface area contributed by atoms with Crippen molar-refractivity contribution < 1.29 is 14.0 Å². The first kappa shape index (κ1) is 16.4. The maximum atomic E-state index is 14.1. The van der Waals surface area contributed by atoms with Gasteiger partial charge >= 0.3 is 0 Å². The van der Waals surface area contributed by atoms with Crippen LogP contribution in [0.15, 0.2) is 29.0 Å². The number of primary amides is 1. The number of aromatic nitrogens is 2. The van der Waals surface area contributed by atoms with Crippen molar-refractivity contribution in [3.05, 3.63) is 40.4 Å². The summed E-state index contributed by atoms with van der Waals surface area (Å²) in [4.78, 5) is 27.3. The number of hydrogen-bond acceptors (Lipinski definition) is 4. The zero-order chi connectivity index (χ0) is 17.4. The Labute approximate surface area is 145 Å². The molecule has 24 heavy (non-hydrogen) atoms. The number of piperazine rings is 1. The number of amides is 2. The third kappa shape index (κ3) is 2.99. The van der Waals surface area contributed by atoms with E-state index in [1.54, 1.807) is 40.0 Å². The predicted molar refractivity (Wildman–Crippen MR) is 90.4 cm³/mol. The fraction of sp³-hybridized carbons (Fsp3) is 0.267. The minimum Gasteiger partial charge on any atom is -0.365 e. The van der Waals surface area contributed by atoms with Gasteiger partial charge in [-0.15, -0.1) is 0 Å². The molecule has 0 atom stereocenters. The van der Waals surface area contributed by atoms with Gasteiger partial charge in [-0.05, 0) is 12.1 Å². The molecule has 0 aliphatic carbocycles. The molecule has 0 bridgehead atoms. The molecule has 1 fully saturated rings. The van der Waals surface area contributed by atoms with Crippen LogP contribution in [0.1, 0.15) is 10.4 Å². The van der Waals surface area contributed by atoms with Gasteiger partial charge < -0.3 is 15.5 Å². The van der Waals surface area contributed by atoms with Crippen molar-refractivity contribution in [2.45, 2.75) is 0 Å². The Balaban J connectivity index is 1.89. The van der Waals surface area contributed by atoms with E-state index in [-0.39, 0.29) is 18.0 Å². The summed E-state index contributed by atoms with van der Waals surface area (Å²) >= 11 is 3.20. The number of carbonyl (C=O) groups is 2. The van der Waals surface area contributed by atoms with Crippen LogP contribution in [0.3, 0.4) is 0 Å². The summed E-state index contributed by atoms with van der Waals surface area (Å²) in [6, 6.07) is 2.77. The minimum absolute atomic E-state index is 0.0189. The van der Waals surface area contributed by atoms with E-state index in [0.717, 1.165) is 0 Å². The van der Waals surface area contributed by atoms with Crippen LogP contribution in [0.4, 0.5) is 15.8 Å². The van der Waals surface area contributed by atoms with Gasteiger partial charge in [0.25, 0.3) is 5.91 Å². The van der Waals surface area contributed by atoms with Crippen LogP contribution in [0.2, 0.25) is 0 Å². The van der Waals surface area contributed by atoms with Crippen LogP contribution < -0.4 is 15.5 Å². The highest BCUT2D eigenvalue weighted by Gasteiger charge is 2.29. The van der Waals surface area contributed by atoms with Crippen LogP contribution >= 0.6 is 15.9 Å². The molecule has 2 N–H and O–H groups in total. The lowest BCUT2D eigenvalue weighted by molar-refractivity contribution is -0.117. The summed E-state index contributed by atoms with van der Waals surface area (Å²) in [6.45, 7) is 0.860. The van der Waals surface area contributed by atoms with Gasteiger partial charge in [0.1, 0.15) is 5.82 Å². The van der Waals surface area contributed by atoms with Crippen molar-refractivity contribution in [2.24, 2.45) is 12.8 Å². The molecule has 1 aromatic carbocycles. The van der Waals surface area contributed by atoms with Crippen molar-refractivity contribution in [1.29, 1.82) is 0 Å². The van der Waals surface area contributed by atoms with Gasteiger partial charge in [0, 0.05) is 30.8 Å². The Hall–Kier alpha value is -2.42. The normalized spacial score (nSPS) is 15.0. The molecule has 1 saturated heterocycles. The maximum absolute atomic E-state index is 14.1. The summed E-state index contributed by atoms with van der Waals surface area (Å²) in [5.74, 6) is -1.74. The summed E-state index contributed by atoms with van der Waals surface area (Å²) in [5, 5.41) is 4.06. The molecular weight excluding hydrogens is 381 g/mol. The standard InChI is InChI=1S/C15H15BrFN5O2/c1-20-7-10(6-19-20)22-3-2-21(8-13(22)23)12-5-9(16)4-11(17)14(12)15(18)24/h4-7H,2-3,8H2,1H3,(H2,18,24). The van der Waals surface area contributed by atoms with Gasteiger partial charge in [-0.25, -0.2) is 4.39 Å². The molecule has 126 valence electrons. The maximum Gasteiger partial charge on any atom is 0.253 e. The lowest BCUT2D eigenvalue weighted by Gasteiger charge is -2.35. The molecule has 7 nitrogen and oxygen atoms in total. The van der Waals surface area contributed by atoms with Crippen LogP contribution in [-0.2, 0) is 11.8 Å². The second-order valence-corrected chi connectivity index (χ2v) is 6.40. The van der Waals surface area contributed by atoms with Crippen molar-refractivity contribution in [1.82, 2.24) is 9.78 Å². The smallest absolute Gasteiger partial charge is 0.253 e. The van der Waals surface area contributed by atoms with E-state index < -0.39 is 11.7 Å². The Morgan fingerprint density at radius 2 is 2.12 bits per heavy atom. The van der Waals surface area contributed by atoms with E-state index in [0.29, 0.717) is 28.9 Å². The van der Waals surface area contributed by atoms with Crippen LogP contribution in [-0.4, -0.2) is 41.2 Å². The Morgan fingerprint density at radius 3 is 2.71 bits per heavy atom. The van der Waals surface area contributed by atoms with E-state index in [4.69, 9.17) is 5.73 Å². The van der Waals surface area contributed by atoms with Gasteiger partial charge in [-0.3, -0.25) is 14.3 Å². The molecule has 1 aliphatic rings. The number of carbonyl (C=O) groups excluding carboxylic acids is 2. The lowest BCUT2D eigenvalue weighted by atomic mass is 10.1. The van der Waals surface area contributed by atoms with Gasteiger partial charge in [0.15, 0.2) is 0 Å². The number of rotatable bonds is 3. The number of hydrogen-bond donors (Lipinski definition) is 1. The highest BCUT2D eigenvalue weighted by Crippen LogP contribution is 2.29. The fourth-order valence-electron chi connectivity index (χ4n) is 2.75. The summed E-state index contributed by atoms with van der Waals surface area (Å²) in [7, 11) is 1.77. The number of nitrogens with zero attached hydrogens (tertiary/aromatic N) is 4.